The molecule has 19 heteroatoms. The van der Waals surface area contributed by atoms with Crippen molar-refractivity contribution in [1.82, 2.24) is 15.0 Å². The zero-order chi connectivity index (χ0) is 39.9. The minimum Gasteiger partial charge on any atom is -0.457 e. The summed E-state index contributed by atoms with van der Waals surface area (Å²) in [7, 11) is 0. The maximum Gasteiger partial charge on any atom is 0.448 e. The highest BCUT2D eigenvalue weighted by atomic mass is 19.4. The van der Waals surface area contributed by atoms with Crippen LogP contribution in [-0.4, -0.2) is 81.7 Å². The van der Waals surface area contributed by atoms with Crippen molar-refractivity contribution in [2.45, 2.75) is 159 Å². The van der Waals surface area contributed by atoms with E-state index in [1.807, 2.05) is 0 Å². The van der Waals surface area contributed by atoms with Crippen molar-refractivity contribution in [2.75, 3.05) is 13.2 Å². The number of hydrogen-bond acceptors (Lipinski definition) is 12. The van der Waals surface area contributed by atoms with Crippen molar-refractivity contribution < 1.29 is 74.3 Å². The molecule has 0 amide bonds. The molecule has 8 heterocycles. The molecule has 1 aromatic heterocycles. The summed E-state index contributed by atoms with van der Waals surface area (Å²) >= 11 is 0. The minimum absolute atomic E-state index is 0.114. The Balaban J connectivity index is 0.900. The first-order valence-electron chi connectivity index (χ1n) is 19.7. The van der Waals surface area contributed by atoms with Crippen molar-refractivity contribution in [3.8, 4) is 0 Å². The molecule has 316 valence electrons. The molecule has 2 saturated carbocycles. The average molecular weight is 812 g/mol. The van der Waals surface area contributed by atoms with E-state index in [9.17, 15) is 13.2 Å². The van der Waals surface area contributed by atoms with E-state index in [2.05, 4.69) is 24.2 Å². The first-order chi connectivity index (χ1) is 26.3. The van der Waals surface area contributed by atoms with Crippen LogP contribution < -0.4 is 0 Å². The van der Waals surface area contributed by atoms with Crippen LogP contribution >= 0.6 is 0 Å². The van der Waals surface area contributed by atoms with E-state index < -0.39 is 84.3 Å². The van der Waals surface area contributed by atoms with E-state index in [-0.39, 0.29) is 42.5 Å². The van der Waals surface area contributed by atoms with E-state index in [1.54, 1.807) is 13.8 Å². The van der Waals surface area contributed by atoms with Gasteiger partial charge in [0, 0.05) is 30.6 Å². The molecule has 0 aromatic carbocycles. The van der Waals surface area contributed by atoms with Gasteiger partial charge in [0.2, 0.25) is 23.6 Å². The van der Waals surface area contributed by atoms with Gasteiger partial charge in [0.25, 0.3) is 5.79 Å². The van der Waals surface area contributed by atoms with Crippen LogP contribution in [0.4, 0.5) is 26.3 Å². The monoisotopic (exact) mass is 811 g/mol. The fourth-order valence-electron chi connectivity index (χ4n) is 10.6. The molecule has 7 saturated heterocycles. The molecule has 1 aromatic rings. The molecule has 0 radical (unpaired) electrons. The number of aromatic nitrogens is 3. The Morgan fingerprint density at radius 2 is 1.57 bits per heavy atom. The van der Waals surface area contributed by atoms with Gasteiger partial charge in [-0.3, -0.25) is 0 Å². The Bertz CT molecular complexity index is 1630. The van der Waals surface area contributed by atoms with Gasteiger partial charge in [-0.15, -0.1) is 5.10 Å². The molecule has 13 nitrogen and oxygen atoms in total. The van der Waals surface area contributed by atoms with Gasteiger partial charge in [-0.1, -0.05) is 32.4 Å². The van der Waals surface area contributed by atoms with Gasteiger partial charge in [-0.05, 0) is 76.2 Å². The fraction of sp³-hybridized carbons (Fsp3) is 0.892. The van der Waals surface area contributed by atoms with Gasteiger partial charge in [-0.2, -0.15) is 26.3 Å². The summed E-state index contributed by atoms with van der Waals surface area (Å²) in [5, 5.41) is 7.92. The first-order valence-corrected chi connectivity index (χ1v) is 19.7. The highest BCUT2D eigenvalue weighted by Crippen LogP contribution is 2.64. The molecule has 4 bridgehead atoms. The van der Waals surface area contributed by atoms with Gasteiger partial charge in [0.15, 0.2) is 17.5 Å². The van der Waals surface area contributed by atoms with E-state index in [0.29, 0.717) is 44.9 Å². The van der Waals surface area contributed by atoms with Crippen molar-refractivity contribution in [3.05, 3.63) is 23.7 Å². The van der Waals surface area contributed by atoms with Crippen LogP contribution in [0.2, 0.25) is 0 Å². The quantitative estimate of drug-likeness (QED) is 0.101. The minimum atomic E-state index is -4.94. The second-order valence-corrected chi connectivity index (χ2v) is 17.2. The Kier molecular flexibility index (Phi) is 10.4. The summed E-state index contributed by atoms with van der Waals surface area (Å²) in [4.78, 5) is 23.1. The lowest BCUT2D eigenvalue weighted by Gasteiger charge is -2.62. The average Bonchev–Trinajstić information content (AvgIpc) is 3.28. The van der Waals surface area contributed by atoms with Gasteiger partial charge >= 0.3 is 12.4 Å². The molecule has 10 rings (SSSR count). The van der Waals surface area contributed by atoms with Gasteiger partial charge in [0.05, 0.1) is 32.6 Å². The fourth-order valence-corrected chi connectivity index (χ4v) is 10.6. The third kappa shape index (κ3) is 6.77. The van der Waals surface area contributed by atoms with Crippen molar-refractivity contribution in [1.29, 1.82) is 0 Å². The van der Waals surface area contributed by atoms with Gasteiger partial charge < -0.3 is 28.4 Å². The third-order valence-electron chi connectivity index (χ3n) is 13.6. The maximum absolute atomic E-state index is 15.1. The molecule has 9 fully saturated rings. The van der Waals surface area contributed by atoms with Crippen LogP contribution in [-0.2, 0) is 61.1 Å². The molecule has 7 aliphatic heterocycles. The van der Waals surface area contributed by atoms with Gasteiger partial charge in [0.1, 0.15) is 5.69 Å². The number of rotatable bonds is 10. The zero-order valence-electron chi connectivity index (χ0n) is 32.2. The van der Waals surface area contributed by atoms with Crippen molar-refractivity contribution in [2.24, 2.45) is 35.5 Å². The Morgan fingerprint density at radius 3 is 2.32 bits per heavy atom. The number of halogens is 6. The Labute approximate surface area is 320 Å². The summed E-state index contributed by atoms with van der Waals surface area (Å²) in [5.74, 6) is -8.53. The summed E-state index contributed by atoms with van der Waals surface area (Å²) in [6, 6.07) is 0. The molecule has 13 atom stereocenters. The zero-order valence-corrected chi connectivity index (χ0v) is 32.2. The number of alkyl halides is 6. The first kappa shape index (κ1) is 40.7. The Hall–Kier alpha value is -2.10. The predicted octanol–water partition coefficient (Wildman–Crippen LogP) is 7.40. The van der Waals surface area contributed by atoms with Crippen LogP contribution in [0.15, 0.2) is 18.0 Å². The standard InChI is InChI=1S/C37H51F6N3O10/c1-21-7-6-13-33-25(21)10-14-31(4,53-55-33)50-29(33)49-28(36(38,39)40)12-17-47-20-24-19-46(45-44-24)16-18-48-35(37(41,42)43)23(3)27-9-8-22(2)26-11-15-32(5)51-30(52-35)34(26,27)56-54-32/h12,19,21-23,25-27,29-30H,6-11,13-18,20H2,1-5H3/b28-12+/t21-,22-,23-,25?,26?,27+,29-,30+,31-,32-,33+,34-,35-/m1/s1. The second-order valence-electron chi connectivity index (χ2n) is 17.2. The molecule has 2 spiro atoms. The van der Waals surface area contributed by atoms with Crippen molar-refractivity contribution in [3.63, 3.8) is 0 Å². The summed E-state index contributed by atoms with van der Waals surface area (Å²) < 4.78 is 124. The van der Waals surface area contributed by atoms with Crippen molar-refractivity contribution >= 4 is 0 Å². The molecule has 9 aliphatic rings. The molecular formula is C37H51F6N3O10. The normalized spacial score (nSPS) is 45.2. The number of nitrogens with zero attached hydrogens (tertiary/aromatic N) is 3. The SMILES string of the molecule is C[C@@H]1CC[C@H]2[C@@H](C)[C@](OCCn3cc(COC/C=C(/O[C@@H]4O[C@@]5(C)CCC6[C@H](C)CCC[C@]64OO5)C(F)(F)F)nn3)(C(F)(F)F)O[C@@H]3O[C@@]4(C)CCC1[C@]32OO4. The number of hydrogen-bond donors (Lipinski definition) is 0. The van der Waals surface area contributed by atoms with E-state index in [0.717, 1.165) is 18.9 Å². The number of allylic oxidation sites excluding steroid dienone is 1. The van der Waals surface area contributed by atoms with E-state index in [1.165, 1.54) is 17.8 Å². The predicted molar refractivity (Wildman–Crippen MR) is 177 cm³/mol. The second kappa shape index (κ2) is 14.3. The summed E-state index contributed by atoms with van der Waals surface area (Å²) in [6.45, 7) is 7.51. The van der Waals surface area contributed by atoms with Crippen LogP contribution in [0.1, 0.15) is 98.1 Å². The lowest BCUT2D eigenvalue weighted by molar-refractivity contribution is -0.599. The lowest BCUT2D eigenvalue weighted by atomic mass is 9.57. The topological polar surface area (TPSA) is 123 Å². The van der Waals surface area contributed by atoms with Crippen LogP contribution in [0.5, 0.6) is 0 Å². The number of ether oxygens (including phenoxy) is 6. The Morgan fingerprint density at radius 1 is 0.857 bits per heavy atom. The van der Waals surface area contributed by atoms with Gasteiger partial charge in [-0.25, -0.2) is 24.2 Å². The molecule has 2 unspecified atom stereocenters. The molecule has 0 N–H and O–H groups in total. The van der Waals surface area contributed by atoms with E-state index >= 15 is 13.2 Å². The lowest BCUT2D eigenvalue weighted by Crippen LogP contribution is -2.76. The molecule has 56 heavy (non-hydrogen) atoms. The highest BCUT2D eigenvalue weighted by Gasteiger charge is 2.77. The van der Waals surface area contributed by atoms with E-state index in [4.69, 9.17) is 48.0 Å². The number of fused-ring (bicyclic) bond motifs is 5. The smallest absolute Gasteiger partial charge is 0.448 e. The summed E-state index contributed by atoms with van der Waals surface area (Å²) in [6.07, 6.45) is -4.90. The molecular weight excluding hydrogens is 760 g/mol. The van der Waals surface area contributed by atoms with Crippen LogP contribution in [0.25, 0.3) is 0 Å². The largest absolute Gasteiger partial charge is 0.457 e. The summed E-state index contributed by atoms with van der Waals surface area (Å²) in [5.41, 5.74) is -2.17. The maximum atomic E-state index is 15.1. The highest BCUT2D eigenvalue weighted by molar-refractivity contribution is 5.13. The molecule has 2 aliphatic carbocycles. The third-order valence-corrected chi connectivity index (χ3v) is 13.6. The van der Waals surface area contributed by atoms with Crippen LogP contribution in [0, 0.1) is 35.5 Å². The van der Waals surface area contributed by atoms with Crippen LogP contribution in [0.3, 0.4) is 0 Å².